The number of amides is 1. The summed E-state index contributed by atoms with van der Waals surface area (Å²) in [6.45, 7) is 3.43. The summed E-state index contributed by atoms with van der Waals surface area (Å²) in [6, 6.07) is 0. The summed E-state index contributed by atoms with van der Waals surface area (Å²) in [5.74, 6) is -0.978. The minimum Gasteiger partial charge on any atom is -0.790 e. The van der Waals surface area contributed by atoms with E-state index in [1.54, 1.807) is 0 Å². The Hall–Kier alpha value is 0.520. The molecule has 0 aromatic heterocycles. The number of rotatable bonds is 28. The molecule has 0 rings (SSSR count). The molecular weight excluding hydrogens is 583 g/mol. The summed E-state index contributed by atoms with van der Waals surface area (Å²) in [6.07, 6.45) is 18.4. The van der Waals surface area contributed by atoms with Crippen LogP contribution in [0.25, 0.3) is 0 Å². The van der Waals surface area contributed by atoms with Crippen LogP contribution < -0.4 is 74.2 Å². The second-order valence-electron chi connectivity index (χ2n) is 10.5. The van der Waals surface area contributed by atoms with Gasteiger partial charge < -0.3 is 33.7 Å². The van der Waals surface area contributed by atoms with E-state index in [4.69, 9.17) is 9.47 Å². The molecule has 42 heavy (non-hydrogen) atoms. The van der Waals surface area contributed by atoms with Crippen molar-refractivity contribution >= 4 is 25.7 Å². The maximum absolute atomic E-state index is 12.2. The molecule has 1 atom stereocenters. The SMILES string of the molecule is CCCCCCCCCCC(=O)O[C@@H](COC(=O)CCCCCCCCCCCCNC(C)=O)COP(=O)([O-])[O-].[Na+].[Na+]. The number of phosphoric acid groups is 1. The molecule has 10 nitrogen and oxygen atoms in total. The molecule has 0 bridgehead atoms. The van der Waals surface area contributed by atoms with Gasteiger partial charge in [0.2, 0.25) is 5.91 Å². The summed E-state index contributed by atoms with van der Waals surface area (Å²) in [7, 11) is -5.24. The van der Waals surface area contributed by atoms with Crippen molar-refractivity contribution in [3.05, 3.63) is 0 Å². The van der Waals surface area contributed by atoms with Crippen LogP contribution >= 0.6 is 7.82 Å². The van der Waals surface area contributed by atoms with E-state index in [-0.39, 0.29) is 84.5 Å². The molecule has 0 unspecified atom stereocenters. The Balaban J connectivity index is -0.00000760. The van der Waals surface area contributed by atoms with E-state index in [1.165, 1.54) is 51.9 Å². The van der Waals surface area contributed by atoms with Crippen LogP contribution in [-0.4, -0.2) is 43.7 Å². The Bertz CT molecular complexity index is 711. The van der Waals surface area contributed by atoms with Crippen LogP contribution in [0.2, 0.25) is 0 Å². The van der Waals surface area contributed by atoms with Crippen molar-refractivity contribution in [2.75, 3.05) is 19.8 Å². The predicted octanol–water partition coefficient (Wildman–Crippen LogP) is -0.747. The molecule has 0 spiro atoms. The molecule has 0 aliphatic rings. The van der Waals surface area contributed by atoms with Gasteiger partial charge in [-0.3, -0.25) is 14.4 Å². The fraction of sp³-hybridized carbons (Fsp3) is 0.897. The maximum Gasteiger partial charge on any atom is 1.00 e. The van der Waals surface area contributed by atoms with Crippen LogP contribution in [0.5, 0.6) is 0 Å². The summed E-state index contributed by atoms with van der Waals surface area (Å²) in [5.41, 5.74) is 0. The minimum absolute atomic E-state index is 0. The zero-order chi connectivity index (χ0) is 29.9. The molecular formula is C29H54NNa2O9P. The number of esters is 2. The van der Waals surface area contributed by atoms with Crippen molar-refractivity contribution in [3.63, 3.8) is 0 Å². The molecule has 0 aromatic rings. The molecule has 0 aliphatic carbocycles. The Morgan fingerprint density at radius 1 is 0.667 bits per heavy atom. The van der Waals surface area contributed by atoms with Crippen LogP contribution in [0, 0.1) is 0 Å². The zero-order valence-electron chi connectivity index (χ0n) is 27.0. The minimum atomic E-state index is -5.24. The Labute approximate surface area is 298 Å². The van der Waals surface area contributed by atoms with E-state index in [0.29, 0.717) is 12.8 Å². The summed E-state index contributed by atoms with van der Waals surface area (Å²) < 4.78 is 25.5. The molecule has 0 fully saturated rings. The molecule has 1 N–H and O–H groups in total. The van der Waals surface area contributed by atoms with Crippen molar-refractivity contribution in [1.29, 1.82) is 0 Å². The Kier molecular flexibility index (Phi) is 36.8. The van der Waals surface area contributed by atoms with E-state index in [9.17, 15) is 28.7 Å². The second-order valence-corrected chi connectivity index (χ2v) is 11.7. The fourth-order valence-electron chi connectivity index (χ4n) is 4.27. The fourth-order valence-corrected chi connectivity index (χ4v) is 4.62. The third-order valence-electron chi connectivity index (χ3n) is 6.56. The first-order valence-corrected chi connectivity index (χ1v) is 16.9. The van der Waals surface area contributed by atoms with Crippen LogP contribution in [-0.2, 0) is 32.9 Å². The van der Waals surface area contributed by atoms with Crippen LogP contribution in [0.3, 0.4) is 0 Å². The van der Waals surface area contributed by atoms with Crippen molar-refractivity contribution in [3.8, 4) is 0 Å². The van der Waals surface area contributed by atoms with Gasteiger partial charge in [-0.2, -0.15) is 0 Å². The van der Waals surface area contributed by atoms with Crippen molar-refractivity contribution in [2.24, 2.45) is 0 Å². The zero-order valence-corrected chi connectivity index (χ0v) is 31.9. The van der Waals surface area contributed by atoms with Gasteiger partial charge >= 0.3 is 71.1 Å². The molecule has 1 amide bonds. The molecule has 13 heteroatoms. The van der Waals surface area contributed by atoms with E-state index in [2.05, 4.69) is 16.8 Å². The van der Waals surface area contributed by atoms with Gasteiger partial charge in [0, 0.05) is 26.3 Å². The van der Waals surface area contributed by atoms with Gasteiger partial charge in [0.15, 0.2) is 6.10 Å². The number of hydrogen-bond acceptors (Lipinski definition) is 9. The largest absolute Gasteiger partial charge is 1.00 e. The van der Waals surface area contributed by atoms with Gasteiger partial charge in [-0.1, -0.05) is 103 Å². The maximum atomic E-state index is 12.2. The Morgan fingerprint density at radius 2 is 1.10 bits per heavy atom. The second kappa shape index (κ2) is 32.9. The van der Waals surface area contributed by atoms with E-state index in [1.807, 2.05) is 0 Å². The average Bonchev–Trinajstić information content (AvgIpc) is 2.89. The standard InChI is InChI=1S/C29H56NO9P.2Na/c1-3-4-5-6-7-12-16-19-22-29(33)39-27(25-38-40(34,35)36)24-37-28(32)21-18-15-13-10-8-9-11-14-17-20-23-30-26(2)31;;/h27H,3-25H2,1-2H3,(H,30,31)(H2,34,35,36);;/q;2*+1/p-2/t27-;;/m0../s1. The van der Waals surface area contributed by atoms with Gasteiger partial charge in [-0.25, -0.2) is 0 Å². The van der Waals surface area contributed by atoms with Gasteiger partial charge in [0.25, 0.3) is 0 Å². The van der Waals surface area contributed by atoms with E-state index in [0.717, 1.165) is 64.3 Å². The predicted molar refractivity (Wildman–Crippen MR) is 151 cm³/mol. The van der Waals surface area contributed by atoms with Crippen molar-refractivity contribution < 1.29 is 102 Å². The van der Waals surface area contributed by atoms with Crippen molar-refractivity contribution in [2.45, 2.75) is 148 Å². The number of phosphoric ester groups is 1. The molecule has 0 radical (unpaired) electrons. The van der Waals surface area contributed by atoms with Gasteiger partial charge in [-0.05, 0) is 19.3 Å². The summed E-state index contributed by atoms with van der Waals surface area (Å²) in [5, 5.41) is 2.80. The molecule has 0 aromatic carbocycles. The number of carbonyl (C=O) groups is 3. The third-order valence-corrected chi connectivity index (χ3v) is 7.03. The number of nitrogens with one attached hydrogen (secondary N) is 1. The normalized spacial score (nSPS) is 11.6. The van der Waals surface area contributed by atoms with Gasteiger partial charge in [0.1, 0.15) is 6.61 Å². The average molecular weight is 638 g/mol. The summed E-state index contributed by atoms with van der Waals surface area (Å²) >= 11 is 0. The van der Waals surface area contributed by atoms with E-state index < -0.39 is 32.5 Å². The molecule has 0 saturated heterocycles. The van der Waals surface area contributed by atoms with Crippen LogP contribution in [0.4, 0.5) is 0 Å². The van der Waals surface area contributed by atoms with Gasteiger partial charge in [0.05, 0.1) is 14.4 Å². The molecule has 236 valence electrons. The first kappa shape index (κ1) is 46.9. The van der Waals surface area contributed by atoms with Gasteiger partial charge in [-0.15, -0.1) is 0 Å². The summed E-state index contributed by atoms with van der Waals surface area (Å²) in [4.78, 5) is 56.7. The first-order chi connectivity index (χ1) is 19.1. The van der Waals surface area contributed by atoms with Crippen molar-refractivity contribution in [1.82, 2.24) is 5.32 Å². The first-order valence-electron chi connectivity index (χ1n) is 15.4. The molecule has 0 heterocycles. The van der Waals surface area contributed by atoms with Crippen LogP contribution in [0.15, 0.2) is 0 Å². The number of ether oxygens (including phenoxy) is 2. The van der Waals surface area contributed by atoms with Crippen LogP contribution in [0.1, 0.15) is 142 Å². The third kappa shape index (κ3) is 36.7. The number of unbranched alkanes of at least 4 members (excludes halogenated alkanes) is 16. The molecule has 0 aliphatic heterocycles. The topological polar surface area (TPSA) is 154 Å². The quantitative estimate of drug-likeness (QED) is 0.0505. The van der Waals surface area contributed by atoms with E-state index >= 15 is 0 Å². The smallest absolute Gasteiger partial charge is 0.790 e. The number of carbonyl (C=O) groups excluding carboxylic acids is 3. The Morgan fingerprint density at radius 3 is 1.55 bits per heavy atom. The molecule has 0 saturated carbocycles. The number of hydrogen-bond donors (Lipinski definition) is 1. The monoisotopic (exact) mass is 637 g/mol.